The average molecular weight is 673 g/mol. The highest BCUT2D eigenvalue weighted by molar-refractivity contribution is 5.92. The summed E-state index contributed by atoms with van der Waals surface area (Å²) in [5.41, 5.74) is 7.51. The van der Waals surface area contributed by atoms with E-state index in [1.165, 1.54) is 0 Å². The highest BCUT2D eigenvalue weighted by Gasteiger charge is 2.33. The Morgan fingerprint density at radius 3 is 1.61 bits per heavy atom. The van der Waals surface area contributed by atoms with Crippen molar-refractivity contribution in [3.63, 3.8) is 0 Å². The molecule has 4 amide bonds. The molecule has 0 bridgehead atoms. The van der Waals surface area contributed by atoms with Crippen LogP contribution in [0.5, 0.6) is 0 Å². The Hall–Kier alpha value is -4.70. The largest absolute Gasteiger partial charge is 0.444 e. The third-order valence-corrected chi connectivity index (χ3v) is 7.97. The van der Waals surface area contributed by atoms with Gasteiger partial charge < -0.3 is 31.5 Å². The minimum atomic E-state index is -1.14. The van der Waals surface area contributed by atoms with Crippen molar-refractivity contribution >= 4 is 23.8 Å². The van der Waals surface area contributed by atoms with Crippen LogP contribution in [-0.2, 0) is 38.4 Å². The minimum Gasteiger partial charge on any atom is -0.444 e. The van der Waals surface area contributed by atoms with Crippen LogP contribution in [0.15, 0.2) is 91.0 Å². The van der Waals surface area contributed by atoms with Crippen molar-refractivity contribution in [2.45, 2.75) is 96.6 Å². The van der Waals surface area contributed by atoms with E-state index in [1.54, 1.807) is 20.8 Å². The summed E-state index contributed by atoms with van der Waals surface area (Å²) in [4.78, 5) is 52.9. The van der Waals surface area contributed by atoms with Gasteiger partial charge in [-0.15, -0.1) is 0 Å². The number of rotatable bonds is 17. The molecule has 10 nitrogen and oxygen atoms in total. The van der Waals surface area contributed by atoms with Gasteiger partial charge in [0.1, 0.15) is 17.7 Å². The van der Waals surface area contributed by atoms with Crippen molar-refractivity contribution in [1.29, 1.82) is 0 Å². The molecular weight excluding hydrogens is 620 g/mol. The molecule has 0 fully saturated rings. The van der Waals surface area contributed by atoms with Crippen molar-refractivity contribution in [2.24, 2.45) is 17.6 Å². The maximum atomic E-state index is 14.1. The molecule has 0 saturated heterocycles. The molecule has 1 unspecified atom stereocenters. The van der Waals surface area contributed by atoms with E-state index >= 15 is 0 Å². The van der Waals surface area contributed by atoms with E-state index < -0.39 is 59.6 Å². The first-order valence-corrected chi connectivity index (χ1v) is 16.9. The number of carbonyl (C=O) groups excluding carboxylic acids is 4. The number of benzene rings is 3. The number of aliphatic hydroxyl groups is 1. The smallest absolute Gasteiger partial charge is 0.407 e. The fourth-order valence-electron chi connectivity index (χ4n) is 5.59. The lowest BCUT2D eigenvalue weighted by molar-refractivity contribution is -0.133. The lowest BCUT2D eigenvalue weighted by Crippen LogP contribution is -2.55. The lowest BCUT2D eigenvalue weighted by atomic mass is 9.88. The number of amides is 4. The third kappa shape index (κ3) is 14.1. The van der Waals surface area contributed by atoms with Gasteiger partial charge in [0.2, 0.25) is 17.7 Å². The lowest BCUT2D eigenvalue weighted by Gasteiger charge is -2.30. The maximum Gasteiger partial charge on any atom is 0.407 e. The Bertz CT molecular complexity index is 1480. The van der Waals surface area contributed by atoms with Crippen molar-refractivity contribution < 1.29 is 29.0 Å². The predicted octanol–water partition coefficient (Wildman–Crippen LogP) is 4.48. The molecule has 10 heteroatoms. The Morgan fingerprint density at radius 1 is 0.673 bits per heavy atom. The molecule has 0 spiro atoms. The molecule has 0 aliphatic heterocycles. The highest BCUT2D eigenvalue weighted by Crippen LogP contribution is 2.20. The summed E-state index contributed by atoms with van der Waals surface area (Å²) in [6.45, 7) is 9.14. The number of nitrogens with one attached hydrogen (secondary N) is 3. The van der Waals surface area contributed by atoms with E-state index in [-0.39, 0.29) is 25.2 Å². The second-order valence-electron chi connectivity index (χ2n) is 14.0. The first-order valence-electron chi connectivity index (χ1n) is 16.9. The summed E-state index contributed by atoms with van der Waals surface area (Å²) < 4.78 is 5.49. The van der Waals surface area contributed by atoms with Crippen LogP contribution in [0.25, 0.3) is 0 Å². The number of ether oxygens (including phenoxy) is 1. The minimum absolute atomic E-state index is 0.0119. The van der Waals surface area contributed by atoms with Gasteiger partial charge in [0.05, 0.1) is 12.1 Å². The monoisotopic (exact) mass is 672 g/mol. The summed E-state index contributed by atoms with van der Waals surface area (Å²) in [5, 5.41) is 20.1. The van der Waals surface area contributed by atoms with Gasteiger partial charge in [-0.05, 0) is 69.1 Å². The topological polar surface area (TPSA) is 160 Å². The number of aliphatic hydroxyl groups excluding tert-OH is 1. The SMILES string of the molecule is CC(C)CC(NC(=O)[C@H](Cc1ccccc1)C[C@@H](O)[C@H](Cc1ccccc1)NC(=O)OC(C)(C)C)C(=O)N[C@@H](Cc1ccccc1)C(N)=O. The summed E-state index contributed by atoms with van der Waals surface area (Å²) in [6.07, 6.45) is -0.731. The zero-order valence-corrected chi connectivity index (χ0v) is 29.2. The fraction of sp³-hybridized carbons (Fsp3) is 0.436. The average Bonchev–Trinajstić information content (AvgIpc) is 3.03. The molecule has 6 N–H and O–H groups in total. The van der Waals surface area contributed by atoms with Crippen LogP contribution in [-0.4, -0.2) is 58.8 Å². The number of nitrogens with two attached hydrogens (primary N) is 1. The van der Waals surface area contributed by atoms with Gasteiger partial charge in [-0.3, -0.25) is 14.4 Å². The van der Waals surface area contributed by atoms with Crippen molar-refractivity contribution in [2.75, 3.05) is 0 Å². The first kappa shape index (κ1) is 38.7. The van der Waals surface area contributed by atoms with Crippen LogP contribution >= 0.6 is 0 Å². The molecule has 3 aromatic carbocycles. The molecule has 3 rings (SSSR count). The van der Waals surface area contributed by atoms with Crippen LogP contribution in [0.4, 0.5) is 4.79 Å². The van der Waals surface area contributed by atoms with Gasteiger partial charge in [-0.2, -0.15) is 0 Å². The number of hydrogen-bond donors (Lipinski definition) is 5. The third-order valence-electron chi connectivity index (χ3n) is 7.97. The van der Waals surface area contributed by atoms with Crippen LogP contribution in [0.1, 0.15) is 64.2 Å². The van der Waals surface area contributed by atoms with Gasteiger partial charge in [0.25, 0.3) is 0 Å². The molecule has 0 saturated carbocycles. The zero-order valence-electron chi connectivity index (χ0n) is 29.2. The molecule has 5 atom stereocenters. The van der Waals surface area contributed by atoms with E-state index in [0.29, 0.717) is 12.8 Å². The van der Waals surface area contributed by atoms with E-state index in [1.807, 2.05) is 105 Å². The van der Waals surface area contributed by atoms with E-state index in [9.17, 15) is 24.3 Å². The number of carbonyl (C=O) groups is 4. The second-order valence-corrected chi connectivity index (χ2v) is 14.0. The van der Waals surface area contributed by atoms with Gasteiger partial charge in [-0.1, -0.05) is 105 Å². The van der Waals surface area contributed by atoms with Crippen LogP contribution in [0, 0.1) is 11.8 Å². The van der Waals surface area contributed by atoms with Crippen LogP contribution in [0.3, 0.4) is 0 Å². The molecular formula is C39H52N4O6. The normalized spacial score (nSPS) is 14.5. The van der Waals surface area contributed by atoms with Crippen molar-refractivity contribution in [3.8, 4) is 0 Å². The summed E-state index contributed by atoms with van der Waals surface area (Å²) in [6, 6.07) is 25.4. The Balaban J connectivity index is 1.85. The Morgan fingerprint density at radius 2 is 1.14 bits per heavy atom. The van der Waals surface area contributed by atoms with Gasteiger partial charge in [-0.25, -0.2) is 4.79 Å². The molecule has 3 aromatic rings. The van der Waals surface area contributed by atoms with E-state index in [4.69, 9.17) is 10.5 Å². The standard InChI is InChI=1S/C39H52N4O6/c1-26(2)21-33(37(47)41-32(35(40)45)24-29-19-13-8-14-20-29)42-36(46)30(22-27-15-9-6-10-16-27)25-34(44)31(23-28-17-11-7-12-18-28)43-38(48)49-39(3,4)5/h6-20,26,30-34,44H,21-25H2,1-5H3,(H2,40,45)(H,41,47)(H,42,46)(H,43,48)/t30-,31+,32+,33?,34-/m1/s1. The number of primary amides is 1. The van der Waals surface area contributed by atoms with Crippen molar-refractivity contribution in [3.05, 3.63) is 108 Å². The second kappa shape index (κ2) is 18.7. The molecule has 0 aromatic heterocycles. The summed E-state index contributed by atoms with van der Waals surface area (Å²) in [7, 11) is 0. The maximum absolute atomic E-state index is 14.1. The summed E-state index contributed by atoms with van der Waals surface area (Å²) >= 11 is 0. The zero-order chi connectivity index (χ0) is 36.0. The predicted molar refractivity (Wildman–Crippen MR) is 190 cm³/mol. The van der Waals surface area contributed by atoms with Gasteiger partial charge >= 0.3 is 6.09 Å². The Kier molecular flexibility index (Phi) is 14.8. The van der Waals surface area contributed by atoms with Crippen LogP contribution < -0.4 is 21.7 Å². The quantitative estimate of drug-likeness (QED) is 0.142. The Labute approximate surface area is 290 Å². The van der Waals surface area contributed by atoms with Gasteiger partial charge in [0.15, 0.2) is 0 Å². The highest BCUT2D eigenvalue weighted by atomic mass is 16.6. The number of alkyl carbamates (subject to hydrolysis) is 1. The molecule has 0 aliphatic carbocycles. The molecule has 0 heterocycles. The van der Waals surface area contributed by atoms with E-state index in [2.05, 4.69) is 16.0 Å². The van der Waals surface area contributed by atoms with Crippen LogP contribution in [0.2, 0.25) is 0 Å². The molecule has 264 valence electrons. The molecule has 0 radical (unpaired) electrons. The number of hydrogen-bond acceptors (Lipinski definition) is 6. The van der Waals surface area contributed by atoms with Crippen molar-refractivity contribution in [1.82, 2.24) is 16.0 Å². The first-order chi connectivity index (χ1) is 23.2. The fourth-order valence-corrected chi connectivity index (χ4v) is 5.59. The van der Waals surface area contributed by atoms with E-state index in [0.717, 1.165) is 16.7 Å². The van der Waals surface area contributed by atoms with Gasteiger partial charge in [0, 0.05) is 12.3 Å². The summed E-state index contributed by atoms with van der Waals surface area (Å²) in [5.74, 6) is -2.37. The molecule has 0 aliphatic rings. The molecule has 49 heavy (non-hydrogen) atoms.